The Hall–Kier alpha value is -0.233. The SMILES string of the molecule is COC(OC)C(C)(C)C(=O)C(C)C(O[Si](C)(C)C(C)(C)C)C(C)C. The van der Waals surface area contributed by atoms with Gasteiger partial charge in [-0.05, 0) is 37.9 Å². The molecule has 0 bridgehead atoms. The van der Waals surface area contributed by atoms with E-state index in [1.165, 1.54) is 0 Å². The van der Waals surface area contributed by atoms with E-state index in [1.54, 1.807) is 14.2 Å². The number of carbonyl (C=O) groups is 1. The molecule has 0 aromatic carbocycles. The Bertz CT molecular complexity index is 406. The van der Waals surface area contributed by atoms with Crippen molar-refractivity contribution in [1.82, 2.24) is 0 Å². The fourth-order valence-electron chi connectivity index (χ4n) is 2.87. The van der Waals surface area contributed by atoms with Crippen molar-refractivity contribution in [3.63, 3.8) is 0 Å². The number of hydrogen-bond acceptors (Lipinski definition) is 4. The summed E-state index contributed by atoms with van der Waals surface area (Å²) in [5.74, 6) is 0.160. The van der Waals surface area contributed by atoms with Gasteiger partial charge in [0.2, 0.25) is 0 Å². The van der Waals surface area contributed by atoms with E-state index in [4.69, 9.17) is 13.9 Å². The average molecular weight is 361 g/mol. The number of ketones is 1. The van der Waals surface area contributed by atoms with Crippen LogP contribution in [-0.2, 0) is 18.7 Å². The first-order valence-corrected chi connectivity index (χ1v) is 11.8. The van der Waals surface area contributed by atoms with Gasteiger partial charge in [-0.25, -0.2) is 0 Å². The molecular weight excluding hydrogens is 320 g/mol. The molecule has 0 rings (SSSR count). The highest BCUT2D eigenvalue weighted by atomic mass is 28.4. The Morgan fingerprint density at radius 2 is 1.33 bits per heavy atom. The van der Waals surface area contributed by atoms with Crippen LogP contribution < -0.4 is 0 Å². The smallest absolute Gasteiger partial charge is 0.192 e. The summed E-state index contributed by atoms with van der Waals surface area (Å²) < 4.78 is 17.3. The van der Waals surface area contributed by atoms with E-state index in [-0.39, 0.29) is 28.8 Å². The van der Waals surface area contributed by atoms with Crippen molar-refractivity contribution in [3.05, 3.63) is 0 Å². The van der Waals surface area contributed by atoms with Gasteiger partial charge in [-0.3, -0.25) is 4.79 Å². The highest BCUT2D eigenvalue weighted by Crippen LogP contribution is 2.40. The molecule has 24 heavy (non-hydrogen) atoms. The number of hydrogen-bond donors (Lipinski definition) is 0. The summed E-state index contributed by atoms with van der Waals surface area (Å²) in [5, 5.41) is 0.111. The number of methoxy groups -OCH3 is 2. The maximum absolute atomic E-state index is 13.2. The maximum Gasteiger partial charge on any atom is 0.192 e. The fraction of sp³-hybridized carbons (Fsp3) is 0.947. The minimum Gasteiger partial charge on any atom is -0.413 e. The third kappa shape index (κ3) is 5.38. The van der Waals surface area contributed by atoms with E-state index in [9.17, 15) is 4.79 Å². The third-order valence-corrected chi connectivity index (χ3v) is 9.93. The van der Waals surface area contributed by atoms with Gasteiger partial charge in [-0.2, -0.15) is 0 Å². The average Bonchev–Trinajstić information content (AvgIpc) is 2.42. The van der Waals surface area contributed by atoms with Crippen LogP contribution in [0.1, 0.15) is 55.4 Å². The van der Waals surface area contributed by atoms with Crippen LogP contribution in [0.15, 0.2) is 0 Å². The Morgan fingerprint density at radius 3 is 1.62 bits per heavy atom. The van der Waals surface area contributed by atoms with Gasteiger partial charge in [0, 0.05) is 20.1 Å². The zero-order valence-electron chi connectivity index (χ0n) is 17.9. The highest BCUT2D eigenvalue weighted by Gasteiger charge is 2.46. The summed E-state index contributed by atoms with van der Waals surface area (Å²) in [7, 11) is 1.18. The quantitative estimate of drug-likeness (QED) is 0.434. The standard InChI is InChI=1S/C19H40O4Si/c1-13(2)15(23-24(11,12)18(4,5)6)14(3)16(20)19(7,8)17(21-9)22-10/h13-15,17H,1-12H3. The Morgan fingerprint density at radius 1 is 0.917 bits per heavy atom. The van der Waals surface area contributed by atoms with Crippen LogP contribution in [0.3, 0.4) is 0 Å². The largest absolute Gasteiger partial charge is 0.413 e. The Balaban J connectivity index is 5.52. The molecule has 0 aliphatic heterocycles. The van der Waals surface area contributed by atoms with E-state index in [0.717, 1.165) is 0 Å². The lowest BCUT2D eigenvalue weighted by Gasteiger charge is -2.43. The molecule has 0 N–H and O–H groups in total. The van der Waals surface area contributed by atoms with Crippen molar-refractivity contribution in [2.75, 3.05) is 14.2 Å². The summed E-state index contributed by atoms with van der Waals surface area (Å²) in [6, 6.07) is 0. The first-order chi connectivity index (χ1) is 10.6. The first kappa shape index (κ1) is 23.8. The number of ether oxygens (including phenoxy) is 2. The maximum atomic E-state index is 13.2. The zero-order chi connectivity index (χ0) is 19.5. The van der Waals surface area contributed by atoms with Gasteiger partial charge >= 0.3 is 0 Å². The Kier molecular flexibility index (Phi) is 8.35. The van der Waals surface area contributed by atoms with Gasteiger partial charge in [0.15, 0.2) is 14.6 Å². The van der Waals surface area contributed by atoms with E-state index in [2.05, 4.69) is 47.7 Å². The topological polar surface area (TPSA) is 44.8 Å². The van der Waals surface area contributed by atoms with E-state index in [0.29, 0.717) is 0 Å². The van der Waals surface area contributed by atoms with Crippen LogP contribution in [0.5, 0.6) is 0 Å². The van der Waals surface area contributed by atoms with Gasteiger partial charge < -0.3 is 13.9 Å². The van der Waals surface area contributed by atoms with Crippen molar-refractivity contribution < 1.29 is 18.7 Å². The molecule has 0 aromatic rings. The number of rotatable bonds is 9. The summed E-state index contributed by atoms with van der Waals surface area (Å²) in [4.78, 5) is 13.2. The number of carbonyl (C=O) groups excluding carboxylic acids is 1. The minimum absolute atomic E-state index is 0.105. The molecular formula is C19H40O4Si. The minimum atomic E-state index is -1.96. The molecule has 0 aliphatic rings. The van der Waals surface area contributed by atoms with Crippen LogP contribution in [0.4, 0.5) is 0 Å². The fourth-order valence-corrected chi connectivity index (χ4v) is 4.38. The molecule has 5 heteroatoms. The molecule has 0 saturated heterocycles. The van der Waals surface area contributed by atoms with Crippen LogP contribution in [0.2, 0.25) is 18.1 Å². The van der Waals surface area contributed by atoms with E-state index < -0.39 is 20.0 Å². The predicted octanol–water partition coefficient (Wildman–Crippen LogP) is 4.88. The van der Waals surface area contributed by atoms with E-state index in [1.807, 2.05) is 20.8 Å². The lowest BCUT2D eigenvalue weighted by molar-refractivity contribution is -0.182. The van der Waals surface area contributed by atoms with Gasteiger partial charge in [0.1, 0.15) is 5.78 Å². The van der Waals surface area contributed by atoms with Crippen molar-refractivity contribution in [3.8, 4) is 0 Å². The second kappa shape index (κ2) is 8.43. The zero-order valence-corrected chi connectivity index (χ0v) is 18.9. The molecule has 0 aliphatic carbocycles. The number of Topliss-reactive ketones (excluding diaryl/α,β-unsaturated/α-hetero) is 1. The van der Waals surface area contributed by atoms with Crippen molar-refractivity contribution in [2.45, 2.75) is 85.9 Å². The van der Waals surface area contributed by atoms with Gasteiger partial charge in [-0.15, -0.1) is 0 Å². The summed E-state index contributed by atoms with van der Waals surface area (Å²) in [5.41, 5.74) is -0.729. The van der Waals surface area contributed by atoms with Crippen LogP contribution in [-0.4, -0.2) is 40.7 Å². The first-order valence-electron chi connectivity index (χ1n) is 8.91. The van der Waals surface area contributed by atoms with Gasteiger partial charge in [-0.1, -0.05) is 41.5 Å². The highest BCUT2D eigenvalue weighted by molar-refractivity contribution is 6.74. The van der Waals surface area contributed by atoms with E-state index >= 15 is 0 Å². The molecule has 2 unspecified atom stereocenters. The van der Waals surface area contributed by atoms with Crippen LogP contribution in [0.25, 0.3) is 0 Å². The molecule has 4 nitrogen and oxygen atoms in total. The second-order valence-electron chi connectivity index (χ2n) is 9.26. The van der Waals surface area contributed by atoms with Crippen molar-refractivity contribution >= 4 is 14.1 Å². The molecule has 144 valence electrons. The predicted molar refractivity (Wildman–Crippen MR) is 103 cm³/mol. The van der Waals surface area contributed by atoms with Crippen molar-refractivity contribution in [2.24, 2.45) is 17.3 Å². The monoisotopic (exact) mass is 360 g/mol. The van der Waals surface area contributed by atoms with Gasteiger partial charge in [0.25, 0.3) is 0 Å². The molecule has 0 heterocycles. The molecule has 2 atom stereocenters. The summed E-state index contributed by atoms with van der Waals surface area (Å²) in [6.07, 6.45) is -0.667. The van der Waals surface area contributed by atoms with Crippen molar-refractivity contribution in [1.29, 1.82) is 0 Å². The molecule has 0 fully saturated rings. The lowest BCUT2D eigenvalue weighted by atomic mass is 9.77. The molecule has 0 radical (unpaired) electrons. The van der Waals surface area contributed by atoms with Crippen LogP contribution in [0, 0.1) is 17.3 Å². The second-order valence-corrected chi connectivity index (χ2v) is 14.0. The normalized spacial score (nSPS) is 16.6. The lowest BCUT2D eigenvalue weighted by Crippen LogP contribution is -2.51. The Labute approximate surface area is 150 Å². The third-order valence-electron chi connectivity index (χ3n) is 5.45. The van der Waals surface area contributed by atoms with Crippen LogP contribution >= 0.6 is 0 Å². The molecule has 0 spiro atoms. The summed E-state index contributed by atoms with van der Waals surface area (Å²) in [6.45, 7) is 21.1. The molecule has 0 amide bonds. The summed E-state index contributed by atoms with van der Waals surface area (Å²) >= 11 is 0. The van der Waals surface area contributed by atoms with Gasteiger partial charge in [0.05, 0.1) is 11.5 Å². The molecule has 0 saturated carbocycles. The molecule has 0 aromatic heterocycles.